The largest absolute Gasteiger partial charge is 0.320 e. The Labute approximate surface area is 125 Å². The van der Waals surface area contributed by atoms with Crippen LogP contribution < -0.4 is 5.32 Å². The first-order valence-corrected chi connectivity index (χ1v) is 6.45. The molecule has 0 radical (unpaired) electrons. The number of hydrogen-bond donors (Lipinski definition) is 1. The second-order valence-electron chi connectivity index (χ2n) is 4.13. The highest BCUT2D eigenvalue weighted by atomic mass is 35.5. The number of nitro benzene ring substituents is 1. The Balaban J connectivity index is 2.23. The van der Waals surface area contributed by atoms with Crippen molar-refractivity contribution in [2.75, 3.05) is 5.32 Å². The van der Waals surface area contributed by atoms with Crippen molar-refractivity contribution in [1.29, 1.82) is 0 Å². The van der Waals surface area contributed by atoms with Crippen LogP contribution in [0.2, 0.25) is 5.15 Å². The lowest BCUT2D eigenvalue weighted by atomic mass is 10.1. The first-order chi connectivity index (χ1) is 10.0. The average Bonchev–Trinajstić information content (AvgIpc) is 2.47. The van der Waals surface area contributed by atoms with E-state index in [1.807, 2.05) is 6.92 Å². The van der Waals surface area contributed by atoms with E-state index in [9.17, 15) is 14.9 Å². The minimum absolute atomic E-state index is 0.0301. The molecule has 7 nitrogen and oxygen atoms in total. The van der Waals surface area contributed by atoms with E-state index in [0.717, 1.165) is 0 Å². The molecule has 1 aromatic carbocycles. The van der Waals surface area contributed by atoms with Crippen LogP contribution in [0.15, 0.2) is 30.6 Å². The molecule has 0 spiro atoms. The summed E-state index contributed by atoms with van der Waals surface area (Å²) in [5.41, 5.74) is 0.962. The quantitative estimate of drug-likeness (QED) is 0.691. The summed E-state index contributed by atoms with van der Waals surface area (Å²) in [6.45, 7) is 1.82. The summed E-state index contributed by atoms with van der Waals surface area (Å²) in [6, 6.07) is 4.54. The first kappa shape index (κ1) is 14.9. The maximum Gasteiger partial charge on any atom is 0.275 e. The van der Waals surface area contributed by atoms with Crippen LogP contribution in [0, 0.1) is 10.1 Å². The van der Waals surface area contributed by atoms with E-state index >= 15 is 0 Å². The van der Waals surface area contributed by atoms with Crippen molar-refractivity contribution in [3.63, 3.8) is 0 Å². The van der Waals surface area contributed by atoms with Crippen molar-refractivity contribution in [2.24, 2.45) is 0 Å². The third-order valence-electron chi connectivity index (χ3n) is 2.77. The highest BCUT2D eigenvalue weighted by molar-refractivity contribution is 6.29. The molecule has 1 amide bonds. The van der Waals surface area contributed by atoms with Crippen LogP contribution in [0.25, 0.3) is 0 Å². The average molecular weight is 307 g/mol. The number of carbonyl (C=O) groups is 1. The summed E-state index contributed by atoms with van der Waals surface area (Å²) < 4.78 is 0. The van der Waals surface area contributed by atoms with Crippen LogP contribution in [0.1, 0.15) is 23.0 Å². The number of nitro groups is 1. The Hall–Kier alpha value is -2.54. The number of hydrogen-bond acceptors (Lipinski definition) is 5. The third kappa shape index (κ3) is 3.51. The fourth-order valence-electron chi connectivity index (χ4n) is 1.74. The van der Waals surface area contributed by atoms with E-state index in [1.165, 1.54) is 18.5 Å². The van der Waals surface area contributed by atoms with E-state index in [4.69, 9.17) is 11.6 Å². The second-order valence-corrected chi connectivity index (χ2v) is 4.52. The summed E-state index contributed by atoms with van der Waals surface area (Å²) in [6.07, 6.45) is 3.01. The zero-order valence-corrected chi connectivity index (χ0v) is 11.8. The number of nitrogens with one attached hydrogen (secondary N) is 1. The van der Waals surface area contributed by atoms with Crippen molar-refractivity contribution in [3.05, 3.63) is 57.1 Å². The second kappa shape index (κ2) is 6.27. The smallest absolute Gasteiger partial charge is 0.275 e. The van der Waals surface area contributed by atoms with Crippen LogP contribution in [-0.2, 0) is 6.42 Å². The zero-order chi connectivity index (χ0) is 15.4. The van der Waals surface area contributed by atoms with Gasteiger partial charge in [0.05, 0.1) is 17.3 Å². The van der Waals surface area contributed by atoms with E-state index in [2.05, 4.69) is 15.3 Å². The molecule has 0 atom stereocenters. The topological polar surface area (TPSA) is 98.0 Å². The lowest BCUT2D eigenvalue weighted by Gasteiger charge is -2.06. The van der Waals surface area contributed by atoms with Gasteiger partial charge in [-0.1, -0.05) is 24.6 Å². The normalized spacial score (nSPS) is 10.2. The maximum absolute atomic E-state index is 11.9. The van der Waals surface area contributed by atoms with Gasteiger partial charge in [-0.3, -0.25) is 14.9 Å². The zero-order valence-electron chi connectivity index (χ0n) is 11.0. The summed E-state index contributed by atoms with van der Waals surface area (Å²) in [5, 5.41) is 13.7. The van der Waals surface area contributed by atoms with Gasteiger partial charge in [0.2, 0.25) is 0 Å². The van der Waals surface area contributed by atoms with Crippen LogP contribution in [0.4, 0.5) is 11.4 Å². The molecule has 8 heteroatoms. The Morgan fingerprint density at radius 3 is 2.71 bits per heavy atom. The molecule has 108 valence electrons. The highest BCUT2D eigenvalue weighted by Crippen LogP contribution is 2.23. The molecule has 0 aliphatic heterocycles. The van der Waals surface area contributed by atoms with Gasteiger partial charge in [-0.15, -0.1) is 0 Å². The number of aryl methyl sites for hydroxylation is 1. The lowest BCUT2D eigenvalue weighted by Crippen LogP contribution is -2.14. The molecule has 0 unspecified atom stereocenters. The Bertz CT molecular complexity index is 688. The maximum atomic E-state index is 11.9. The van der Waals surface area contributed by atoms with E-state index in [-0.39, 0.29) is 16.5 Å². The first-order valence-electron chi connectivity index (χ1n) is 6.07. The van der Waals surface area contributed by atoms with Gasteiger partial charge >= 0.3 is 0 Å². The molecule has 21 heavy (non-hydrogen) atoms. The number of aromatic nitrogens is 2. The Kier molecular flexibility index (Phi) is 4.44. The van der Waals surface area contributed by atoms with E-state index in [0.29, 0.717) is 17.7 Å². The van der Waals surface area contributed by atoms with Gasteiger partial charge in [0.25, 0.3) is 11.6 Å². The Morgan fingerprint density at radius 2 is 2.14 bits per heavy atom. The van der Waals surface area contributed by atoms with Gasteiger partial charge in [0.1, 0.15) is 10.8 Å². The molecular formula is C13H11ClN4O3. The predicted molar refractivity (Wildman–Crippen MR) is 77.5 cm³/mol. The molecule has 1 heterocycles. The minimum Gasteiger partial charge on any atom is -0.320 e. The number of benzene rings is 1. The van der Waals surface area contributed by atoms with Gasteiger partial charge in [-0.25, -0.2) is 9.97 Å². The Morgan fingerprint density at radius 1 is 1.38 bits per heavy atom. The molecule has 0 aliphatic rings. The molecule has 2 rings (SSSR count). The SMILES string of the molecule is CCc1ccc(NC(=O)c2cnc(Cl)cn2)cc1[N+](=O)[O-]. The third-order valence-corrected chi connectivity index (χ3v) is 2.97. The van der Waals surface area contributed by atoms with Crippen molar-refractivity contribution in [1.82, 2.24) is 9.97 Å². The molecule has 0 bridgehead atoms. The fourth-order valence-corrected chi connectivity index (χ4v) is 1.83. The number of amides is 1. The summed E-state index contributed by atoms with van der Waals surface area (Å²) >= 11 is 5.59. The molecular weight excluding hydrogens is 296 g/mol. The minimum atomic E-state index is -0.516. The van der Waals surface area contributed by atoms with Crippen LogP contribution in [0.5, 0.6) is 0 Å². The molecule has 2 aromatic rings. The number of nitrogens with zero attached hydrogens (tertiary/aromatic N) is 3. The molecule has 0 fully saturated rings. The van der Waals surface area contributed by atoms with Crippen molar-refractivity contribution >= 4 is 28.9 Å². The summed E-state index contributed by atoms with van der Waals surface area (Å²) in [7, 11) is 0. The van der Waals surface area contributed by atoms with E-state index < -0.39 is 10.8 Å². The van der Waals surface area contributed by atoms with Crippen LogP contribution in [-0.4, -0.2) is 20.8 Å². The van der Waals surface area contributed by atoms with Crippen LogP contribution >= 0.6 is 11.6 Å². The van der Waals surface area contributed by atoms with E-state index in [1.54, 1.807) is 12.1 Å². The van der Waals surface area contributed by atoms with Crippen LogP contribution in [0.3, 0.4) is 0 Å². The molecule has 0 saturated heterocycles. The molecule has 0 aliphatic carbocycles. The number of anilines is 1. The van der Waals surface area contributed by atoms with Crippen molar-refractivity contribution in [3.8, 4) is 0 Å². The monoisotopic (exact) mass is 306 g/mol. The number of halogens is 1. The predicted octanol–water partition coefficient (Wildman–Crippen LogP) is 2.85. The molecule has 1 aromatic heterocycles. The van der Waals surface area contributed by atoms with Gasteiger partial charge in [0, 0.05) is 17.3 Å². The van der Waals surface area contributed by atoms with Crippen molar-refractivity contribution in [2.45, 2.75) is 13.3 Å². The van der Waals surface area contributed by atoms with Gasteiger partial charge in [-0.2, -0.15) is 0 Å². The van der Waals surface area contributed by atoms with Gasteiger partial charge in [-0.05, 0) is 12.5 Å². The number of rotatable bonds is 4. The van der Waals surface area contributed by atoms with Gasteiger partial charge in [0.15, 0.2) is 0 Å². The fraction of sp³-hybridized carbons (Fsp3) is 0.154. The lowest BCUT2D eigenvalue weighted by molar-refractivity contribution is -0.385. The summed E-state index contributed by atoms with van der Waals surface area (Å²) in [4.78, 5) is 30.0. The highest BCUT2D eigenvalue weighted by Gasteiger charge is 2.15. The summed E-state index contributed by atoms with van der Waals surface area (Å²) in [5.74, 6) is -0.516. The molecule has 0 saturated carbocycles. The number of carbonyl (C=O) groups excluding carboxylic acids is 1. The molecule has 1 N–H and O–H groups in total. The van der Waals surface area contributed by atoms with Crippen molar-refractivity contribution < 1.29 is 9.72 Å². The van der Waals surface area contributed by atoms with Gasteiger partial charge < -0.3 is 5.32 Å². The standard InChI is InChI=1S/C13H11ClN4O3/c1-2-8-3-4-9(5-11(8)18(20)21)17-13(19)10-6-16-12(14)7-15-10/h3-7H,2H2,1H3,(H,17,19).